The molecule has 1 saturated heterocycles. The van der Waals surface area contributed by atoms with Crippen molar-refractivity contribution in [3.05, 3.63) is 71.8 Å². The summed E-state index contributed by atoms with van der Waals surface area (Å²) in [5.41, 5.74) is -3.43. The van der Waals surface area contributed by atoms with Gasteiger partial charge in [-0.3, -0.25) is 4.79 Å². The second-order valence-corrected chi connectivity index (χ2v) is 5.96. The third kappa shape index (κ3) is 3.03. The van der Waals surface area contributed by atoms with Gasteiger partial charge in [-0.2, -0.15) is 13.2 Å². The van der Waals surface area contributed by atoms with Crippen LogP contribution in [-0.2, 0) is 0 Å². The fourth-order valence-electron chi connectivity index (χ4n) is 3.06. The van der Waals surface area contributed by atoms with E-state index < -0.39 is 35.7 Å². The summed E-state index contributed by atoms with van der Waals surface area (Å²) in [7, 11) is 0. The Bertz CT molecular complexity index is 811. The average molecular weight is 364 g/mol. The SMILES string of the molecule is O=C1NC(c2ccccc2)C(C(=O)c2ccccc2)C(O)(C(F)(F)F)N1. The van der Waals surface area contributed by atoms with Crippen LogP contribution in [-0.4, -0.2) is 28.8 Å². The molecule has 2 aromatic carbocycles. The number of carbonyl (C=O) groups is 2. The minimum absolute atomic E-state index is 0.000875. The summed E-state index contributed by atoms with van der Waals surface area (Å²) < 4.78 is 41.0. The molecule has 3 rings (SSSR count). The average Bonchev–Trinajstić information content (AvgIpc) is 2.61. The van der Waals surface area contributed by atoms with Crippen LogP contribution in [0, 0.1) is 5.92 Å². The zero-order chi connectivity index (χ0) is 18.9. The van der Waals surface area contributed by atoms with E-state index in [0.29, 0.717) is 0 Å². The highest BCUT2D eigenvalue weighted by Crippen LogP contribution is 2.43. The fraction of sp³-hybridized carbons (Fsp3) is 0.222. The molecule has 3 N–H and O–H groups in total. The molecule has 8 heteroatoms. The number of ketones is 1. The molecule has 2 amide bonds. The number of amides is 2. The first-order chi connectivity index (χ1) is 12.2. The lowest BCUT2D eigenvalue weighted by Crippen LogP contribution is -2.72. The zero-order valence-electron chi connectivity index (χ0n) is 13.3. The van der Waals surface area contributed by atoms with Crippen molar-refractivity contribution in [1.29, 1.82) is 0 Å². The molecule has 0 radical (unpaired) electrons. The summed E-state index contributed by atoms with van der Waals surface area (Å²) >= 11 is 0. The minimum atomic E-state index is -5.26. The van der Waals surface area contributed by atoms with E-state index in [1.807, 2.05) is 0 Å². The first kappa shape index (κ1) is 17.9. The highest BCUT2D eigenvalue weighted by atomic mass is 19.4. The molecule has 5 nitrogen and oxygen atoms in total. The van der Waals surface area contributed by atoms with Gasteiger partial charge in [0.25, 0.3) is 0 Å². The van der Waals surface area contributed by atoms with Crippen molar-refractivity contribution in [2.45, 2.75) is 17.9 Å². The molecule has 0 saturated carbocycles. The maximum absolute atomic E-state index is 13.7. The number of rotatable bonds is 3. The van der Waals surface area contributed by atoms with Gasteiger partial charge >= 0.3 is 12.2 Å². The second kappa shape index (κ2) is 6.45. The van der Waals surface area contributed by atoms with E-state index >= 15 is 0 Å². The molecule has 3 unspecified atom stereocenters. The van der Waals surface area contributed by atoms with Crippen molar-refractivity contribution in [3.8, 4) is 0 Å². The van der Waals surface area contributed by atoms with E-state index in [-0.39, 0.29) is 11.1 Å². The Labute approximate surface area is 146 Å². The van der Waals surface area contributed by atoms with Crippen LogP contribution in [0.15, 0.2) is 60.7 Å². The van der Waals surface area contributed by atoms with Crippen molar-refractivity contribution in [2.24, 2.45) is 5.92 Å². The molecule has 0 bridgehead atoms. The normalized spacial score (nSPS) is 25.9. The van der Waals surface area contributed by atoms with Gasteiger partial charge in [0.2, 0.25) is 5.72 Å². The molecule has 2 aromatic rings. The molecule has 1 aliphatic heterocycles. The van der Waals surface area contributed by atoms with E-state index in [0.717, 1.165) is 0 Å². The Hall–Kier alpha value is -2.87. The first-order valence-corrected chi connectivity index (χ1v) is 7.76. The standard InChI is InChI=1S/C18H15F3N2O3/c19-18(20,21)17(26)13(15(24)12-9-5-2-6-10-12)14(22-16(25)23-17)11-7-3-1-4-8-11/h1-10,13-14,26H,(H2,22,23,25). The number of halogens is 3. The number of hydrogen-bond donors (Lipinski definition) is 3. The van der Waals surface area contributed by atoms with Gasteiger partial charge < -0.3 is 15.7 Å². The summed E-state index contributed by atoms with van der Waals surface area (Å²) in [5, 5.41) is 14.2. The Morgan fingerprint density at radius 1 is 1.00 bits per heavy atom. The van der Waals surface area contributed by atoms with Crippen molar-refractivity contribution in [2.75, 3.05) is 0 Å². The molecular formula is C18H15F3N2O3. The van der Waals surface area contributed by atoms with Gasteiger partial charge in [-0.25, -0.2) is 4.79 Å². The molecular weight excluding hydrogens is 349 g/mol. The monoisotopic (exact) mass is 364 g/mol. The predicted octanol–water partition coefficient (Wildman–Crippen LogP) is 2.79. The van der Waals surface area contributed by atoms with Crippen LogP contribution in [0.25, 0.3) is 0 Å². The van der Waals surface area contributed by atoms with Crippen molar-refractivity contribution >= 4 is 11.8 Å². The number of nitrogens with one attached hydrogen (secondary N) is 2. The summed E-state index contributed by atoms with van der Waals surface area (Å²) in [5.74, 6) is -2.95. The van der Waals surface area contributed by atoms with Crippen LogP contribution in [0.4, 0.5) is 18.0 Å². The van der Waals surface area contributed by atoms with E-state index in [4.69, 9.17) is 0 Å². The number of Topliss-reactive ketones (excluding diaryl/α,β-unsaturated/α-hetero) is 1. The van der Waals surface area contributed by atoms with Crippen molar-refractivity contribution < 1.29 is 27.9 Å². The Morgan fingerprint density at radius 2 is 1.54 bits per heavy atom. The molecule has 0 spiro atoms. The summed E-state index contributed by atoms with van der Waals surface area (Å²) in [6.07, 6.45) is -5.26. The van der Waals surface area contributed by atoms with Crippen LogP contribution in [0.5, 0.6) is 0 Å². The summed E-state index contributed by atoms with van der Waals surface area (Å²) in [6.45, 7) is 0. The van der Waals surface area contributed by atoms with Gasteiger partial charge in [-0.15, -0.1) is 0 Å². The zero-order valence-corrected chi connectivity index (χ0v) is 13.3. The molecule has 1 aliphatic rings. The lowest BCUT2D eigenvalue weighted by Gasteiger charge is -2.45. The Morgan fingerprint density at radius 3 is 2.08 bits per heavy atom. The Balaban J connectivity index is 2.15. The number of aliphatic hydroxyl groups is 1. The Kier molecular flexibility index (Phi) is 4.45. The number of hydrogen-bond acceptors (Lipinski definition) is 3. The summed E-state index contributed by atoms with van der Waals surface area (Å²) in [4.78, 5) is 24.7. The molecule has 1 fully saturated rings. The van der Waals surface area contributed by atoms with Crippen molar-refractivity contribution in [1.82, 2.24) is 10.6 Å². The lowest BCUT2D eigenvalue weighted by atomic mass is 9.77. The van der Waals surface area contributed by atoms with Gasteiger partial charge in [-0.05, 0) is 5.56 Å². The number of benzene rings is 2. The van der Waals surface area contributed by atoms with Gasteiger partial charge in [0.15, 0.2) is 5.78 Å². The summed E-state index contributed by atoms with van der Waals surface area (Å²) in [6, 6.07) is 12.5. The second-order valence-electron chi connectivity index (χ2n) is 5.96. The number of carbonyl (C=O) groups excluding carboxylic acids is 2. The molecule has 3 atom stereocenters. The largest absolute Gasteiger partial charge is 0.437 e. The van der Waals surface area contributed by atoms with Crippen LogP contribution in [0.3, 0.4) is 0 Å². The molecule has 26 heavy (non-hydrogen) atoms. The van der Waals surface area contributed by atoms with Crippen molar-refractivity contribution in [3.63, 3.8) is 0 Å². The molecule has 0 aromatic heterocycles. The first-order valence-electron chi connectivity index (χ1n) is 7.76. The van der Waals surface area contributed by atoms with E-state index in [1.165, 1.54) is 41.7 Å². The lowest BCUT2D eigenvalue weighted by molar-refractivity contribution is -0.287. The maximum atomic E-state index is 13.7. The van der Waals surface area contributed by atoms with E-state index in [9.17, 15) is 27.9 Å². The van der Waals surface area contributed by atoms with Gasteiger partial charge in [0.1, 0.15) is 5.92 Å². The van der Waals surface area contributed by atoms with E-state index in [1.54, 1.807) is 24.3 Å². The van der Waals surface area contributed by atoms with Gasteiger partial charge in [0, 0.05) is 5.56 Å². The fourth-order valence-corrected chi connectivity index (χ4v) is 3.06. The van der Waals surface area contributed by atoms with Crippen LogP contribution in [0.2, 0.25) is 0 Å². The van der Waals surface area contributed by atoms with Gasteiger partial charge in [0.05, 0.1) is 6.04 Å². The maximum Gasteiger partial charge on any atom is 0.437 e. The molecule has 0 aliphatic carbocycles. The molecule has 136 valence electrons. The van der Waals surface area contributed by atoms with Gasteiger partial charge in [-0.1, -0.05) is 60.7 Å². The van der Waals surface area contributed by atoms with Crippen LogP contribution >= 0.6 is 0 Å². The quantitative estimate of drug-likeness (QED) is 0.733. The number of alkyl halides is 3. The molecule has 1 heterocycles. The highest BCUT2D eigenvalue weighted by Gasteiger charge is 2.66. The van der Waals surface area contributed by atoms with E-state index in [2.05, 4.69) is 5.32 Å². The third-order valence-corrected chi connectivity index (χ3v) is 4.31. The highest BCUT2D eigenvalue weighted by molar-refractivity contribution is 6.00. The minimum Gasteiger partial charge on any atom is -0.363 e. The van der Waals surface area contributed by atoms with Crippen LogP contribution in [0.1, 0.15) is 22.0 Å². The topological polar surface area (TPSA) is 78.4 Å². The predicted molar refractivity (Wildman–Crippen MR) is 86.1 cm³/mol. The van der Waals surface area contributed by atoms with Crippen LogP contribution < -0.4 is 10.6 Å². The third-order valence-electron chi connectivity index (χ3n) is 4.31. The number of urea groups is 1. The smallest absolute Gasteiger partial charge is 0.363 e.